The molecule has 4 nitrogen and oxygen atoms in total. The van der Waals surface area contributed by atoms with Crippen LogP contribution in [0.1, 0.15) is 18.9 Å². The van der Waals surface area contributed by atoms with Crippen molar-refractivity contribution in [2.45, 2.75) is 25.9 Å². The number of ether oxygens (including phenoxy) is 1. The van der Waals surface area contributed by atoms with E-state index in [-0.39, 0.29) is 11.9 Å². The van der Waals surface area contributed by atoms with E-state index in [9.17, 15) is 4.79 Å². The summed E-state index contributed by atoms with van der Waals surface area (Å²) in [5.41, 5.74) is 1.03. The third kappa shape index (κ3) is 6.77. The summed E-state index contributed by atoms with van der Waals surface area (Å²) in [5, 5.41) is 3.66. The van der Waals surface area contributed by atoms with Crippen LogP contribution in [0.15, 0.2) is 54.6 Å². The Hall–Kier alpha value is -2.04. The lowest BCUT2D eigenvalue weighted by Gasteiger charge is -2.23. The van der Waals surface area contributed by atoms with Gasteiger partial charge in [-0.2, -0.15) is 0 Å². The van der Waals surface area contributed by atoms with Gasteiger partial charge in [0.2, 0.25) is 5.91 Å². The second-order valence-electron chi connectivity index (χ2n) is 6.02. The van der Waals surface area contributed by atoms with E-state index in [1.54, 1.807) is 0 Å². The Balaban J connectivity index is 1.66. The van der Waals surface area contributed by atoms with Crippen LogP contribution in [0.25, 0.3) is 0 Å². The van der Waals surface area contributed by atoms with Gasteiger partial charge < -0.3 is 10.1 Å². The summed E-state index contributed by atoms with van der Waals surface area (Å²) < 4.78 is 5.67. The second-order valence-corrected chi connectivity index (χ2v) is 6.45. The van der Waals surface area contributed by atoms with Gasteiger partial charge in [0.25, 0.3) is 0 Å². The van der Waals surface area contributed by atoms with Crippen molar-refractivity contribution in [3.05, 3.63) is 65.2 Å². The van der Waals surface area contributed by atoms with Crippen molar-refractivity contribution in [1.82, 2.24) is 10.2 Å². The topological polar surface area (TPSA) is 41.6 Å². The first-order chi connectivity index (χ1) is 12.1. The molecule has 1 atom stereocenters. The molecule has 2 rings (SSSR count). The molecule has 0 radical (unpaired) electrons. The molecule has 0 aliphatic heterocycles. The van der Waals surface area contributed by atoms with Gasteiger partial charge in [-0.25, -0.2) is 0 Å². The first-order valence-electron chi connectivity index (χ1n) is 8.46. The number of amides is 1. The molecule has 2 aromatic rings. The largest absolute Gasteiger partial charge is 0.494 e. The highest BCUT2D eigenvalue weighted by Crippen LogP contribution is 2.10. The van der Waals surface area contributed by atoms with Crippen molar-refractivity contribution in [2.24, 2.45) is 0 Å². The van der Waals surface area contributed by atoms with Crippen molar-refractivity contribution in [2.75, 3.05) is 20.2 Å². The number of hydrogen-bond acceptors (Lipinski definition) is 3. The quantitative estimate of drug-likeness (QED) is 0.692. The molecule has 25 heavy (non-hydrogen) atoms. The Labute approximate surface area is 154 Å². The minimum Gasteiger partial charge on any atom is -0.494 e. The van der Waals surface area contributed by atoms with Crippen LogP contribution in [0.5, 0.6) is 5.75 Å². The zero-order chi connectivity index (χ0) is 18.1. The van der Waals surface area contributed by atoms with Crippen molar-refractivity contribution >= 4 is 17.5 Å². The van der Waals surface area contributed by atoms with Crippen molar-refractivity contribution < 1.29 is 9.53 Å². The molecule has 0 aliphatic rings. The summed E-state index contributed by atoms with van der Waals surface area (Å²) in [6.45, 7) is 3.84. The molecule has 0 heterocycles. The lowest BCUT2D eigenvalue weighted by Crippen LogP contribution is -2.43. The van der Waals surface area contributed by atoms with Gasteiger partial charge in [0, 0.05) is 18.1 Å². The van der Waals surface area contributed by atoms with Gasteiger partial charge >= 0.3 is 0 Å². The number of benzene rings is 2. The third-order valence-electron chi connectivity index (χ3n) is 4.09. The van der Waals surface area contributed by atoms with Gasteiger partial charge in [0.05, 0.1) is 12.6 Å². The van der Waals surface area contributed by atoms with Crippen LogP contribution in [-0.4, -0.2) is 37.0 Å². The monoisotopic (exact) mass is 360 g/mol. The lowest BCUT2D eigenvalue weighted by molar-refractivity contribution is -0.125. The van der Waals surface area contributed by atoms with E-state index in [0.717, 1.165) is 24.3 Å². The standard InChI is InChI=1S/C20H25ClN2O2/c1-16(20(24)22-15-17-9-11-18(21)12-10-17)23(2)13-6-14-25-19-7-4-3-5-8-19/h3-5,7-12,16H,6,13-15H2,1-2H3,(H,22,24). The molecular formula is C20H25ClN2O2. The van der Waals surface area contributed by atoms with Crippen LogP contribution < -0.4 is 10.1 Å². The molecule has 0 spiro atoms. The highest BCUT2D eigenvalue weighted by molar-refractivity contribution is 6.30. The maximum atomic E-state index is 12.3. The summed E-state index contributed by atoms with van der Waals surface area (Å²) in [7, 11) is 1.95. The SMILES string of the molecule is CC(C(=O)NCc1ccc(Cl)cc1)N(C)CCCOc1ccccc1. The Morgan fingerprint density at radius 3 is 2.52 bits per heavy atom. The van der Waals surface area contributed by atoms with Crippen molar-refractivity contribution in [1.29, 1.82) is 0 Å². The van der Waals surface area contributed by atoms with Crippen molar-refractivity contribution in [3.63, 3.8) is 0 Å². The van der Waals surface area contributed by atoms with E-state index in [2.05, 4.69) is 5.32 Å². The summed E-state index contributed by atoms with van der Waals surface area (Å²) in [4.78, 5) is 14.3. The highest BCUT2D eigenvalue weighted by atomic mass is 35.5. The average molecular weight is 361 g/mol. The summed E-state index contributed by atoms with van der Waals surface area (Å²) in [6, 6.07) is 17.0. The molecule has 0 aromatic heterocycles. The fraction of sp³-hybridized carbons (Fsp3) is 0.350. The van der Waals surface area contributed by atoms with E-state index in [1.165, 1.54) is 0 Å². The molecule has 2 aromatic carbocycles. The maximum absolute atomic E-state index is 12.3. The van der Waals surface area contributed by atoms with Crippen LogP contribution >= 0.6 is 11.6 Å². The molecule has 134 valence electrons. The Bertz CT molecular complexity index is 647. The fourth-order valence-corrected chi connectivity index (χ4v) is 2.48. The average Bonchev–Trinajstić information content (AvgIpc) is 2.64. The molecule has 1 unspecified atom stereocenters. The molecule has 0 saturated carbocycles. The molecule has 0 fully saturated rings. The van der Waals surface area contributed by atoms with E-state index in [1.807, 2.05) is 73.5 Å². The van der Waals surface area contributed by atoms with Crippen LogP contribution in [0, 0.1) is 0 Å². The van der Waals surface area contributed by atoms with Gasteiger partial charge in [-0.15, -0.1) is 0 Å². The van der Waals surface area contributed by atoms with Crippen molar-refractivity contribution in [3.8, 4) is 5.75 Å². The predicted octanol–water partition coefficient (Wildman–Crippen LogP) is 3.75. The lowest BCUT2D eigenvalue weighted by atomic mass is 10.2. The number of likely N-dealkylation sites (N-methyl/N-ethyl adjacent to an activating group) is 1. The van der Waals surface area contributed by atoms with Crippen LogP contribution in [0.3, 0.4) is 0 Å². The van der Waals surface area contributed by atoms with Crippen LogP contribution in [0.4, 0.5) is 0 Å². The van der Waals surface area contributed by atoms with Crippen LogP contribution in [-0.2, 0) is 11.3 Å². The Morgan fingerprint density at radius 2 is 1.84 bits per heavy atom. The van der Waals surface area contributed by atoms with Gasteiger partial charge in [0.1, 0.15) is 5.75 Å². The first kappa shape index (κ1) is 19.3. The zero-order valence-corrected chi connectivity index (χ0v) is 15.5. The molecule has 1 amide bonds. The number of hydrogen-bond donors (Lipinski definition) is 1. The predicted molar refractivity (Wildman–Crippen MR) is 102 cm³/mol. The summed E-state index contributed by atoms with van der Waals surface area (Å²) in [6.07, 6.45) is 0.861. The highest BCUT2D eigenvalue weighted by Gasteiger charge is 2.17. The summed E-state index contributed by atoms with van der Waals surface area (Å²) in [5.74, 6) is 0.889. The second kappa shape index (κ2) is 10.1. The van der Waals surface area contributed by atoms with Gasteiger partial charge in [-0.1, -0.05) is 41.9 Å². The fourth-order valence-electron chi connectivity index (χ4n) is 2.35. The van der Waals surface area contributed by atoms with Gasteiger partial charge in [-0.3, -0.25) is 9.69 Å². The molecule has 0 aliphatic carbocycles. The van der Waals surface area contributed by atoms with E-state index < -0.39 is 0 Å². The minimum absolute atomic E-state index is 0.0152. The molecule has 5 heteroatoms. The summed E-state index contributed by atoms with van der Waals surface area (Å²) >= 11 is 5.86. The number of carbonyl (C=O) groups excluding carboxylic acids is 1. The van der Waals surface area contributed by atoms with Gasteiger partial charge in [-0.05, 0) is 50.2 Å². The van der Waals surface area contributed by atoms with Crippen LogP contribution in [0.2, 0.25) is 5.02 Å². The number of nitrogens with zero attached hydrogens (tertiary/aromatic N) is 1. The Morgan fingerprint density at radius 1 is 1.16 bits per heavy atom. The molecular weight excluding hydrogens is 336 g/mol. The number of para-hydroxylation sites is 1. The molecule has 1 N–H and O–H groups in total. The molecule has 0 saturated heterocycles. The van der Waals surface area contributed by atoms with E-state index in [0.29, 0.717) is 18.2 Å². The smallest absolute Gasteiger partial charge is 0.237 e. The zero-order valence-electron chi connectivity index (χ0n) is 14.7. The number of carbonyl (C=O) groups is 1. The number of rotatable bonds is 9. The third-order valence-corrected chi connectivity index (χ3v) is 4.34. The van der Waals surface area contributed by atoms with Gasteiger partial charge in [0.15, 0.2) is 0 Å². The Kier molecular flexibility index (Phi) is 7.76. The van der Waals surface area contributed by atoms with E-state index >= 15 is 0 Å². The minimum atomic E-state index is -0.191. The molecule has 0 bridgehead atoms. The van der Waals surface area contributed by atoms with E-state index in [4.69, 9.17) is 16.3 Å². The normalized spacial score (nSPS) is 12.0. The maximum Gasteiger partial charge on any atom is 0.237 e. The number of nitrogens with one attached hydrogen (secondary N) is 1. The first-order valence-corrected chi connectivity index (χ1v) is 8.84. The number of halogens is 1.